The van der Waals surface area contributed by atoms with Gasteiger partial charge in [0.2, 0.25) is 24.3 Å². The van der Waals surface area contributed by atoms with Crippen LogP contribution in [0.25, 0.3) is 0 Å². The van der Waals surface area contributed by atoms with Crippen LogP contribution in [0, 0.1) is 21.6 Å². The van der Waals surface area contributed by atoms with Crippen LogP contribution < -0.4 is 4.74 Å². The molecular formula is C17H14N4O5. The highest BCUT2D eigenvalue weighted by Gasteiger charge is 2.14. The molecule has 26 heavy (non-hydrogen) atoms. The van der Waals surface area contributed by atoms with Gasteiger partial charge in [0, 0.05) is 6.42 Å². The van der Waals surface area contributed by atoms with E-state index in [1.54, 1.807) is 0 Å². The molecule has 0 saturated heterocycles. The van der Waals surface area contributed by atoms with E-state index in [1.807, 2.05) is 24.3 Å². The Morgan fingerprint density at radius 2 is 0.885 bits per heavy atom. The molecule has 9 heteroatoms. The summed E-state index contributed by atoms with van der Waals surface area (Å²) in [5.74, 6) is 1.98. The lowest BCUT2D eigenvalue weighted by molar-refractivity contribution is 0.460. The van der Waals surface area contributed by atoms with Crippen LogP contribution in [-0.2, 0) is 25.6 Å². The Hall–Kier alpha value is -4.24. The molecule has 0 aliphatic carbocycles. The van der Waals surface area contributed by atoms with E-state index in [0.29, 0.717) is 0 Å². The number of rotatable bonds is 0. The lowest BCUT2D eigenvalue weighted by atomic mass is 10.0. The van der Waals surface area contributed by atoms with Gasteiger partial charge in [0.05, 0.1) is 0 Å². The Morgan fingerprint density at radius 1 is 0.615 bits per heavy atom. The fourth-order valence-corrected chi connectivity index (χ4v) is 1.82. The van der Waals surface area contributed by atoms with Gasteiger partial charge in [0.25, 0.3) is 0 Å². The van der Waals surface area contributed by atoms with Crippen LogP contribution in [0.15, 0.2) is 48.5 Å². The summed E-state index contributed by atoms with van der Waals surface area (Å²) in [6, 6.07) is 16.4. The highest BCUT2D eigenvalue weighted by atomic mass is 16.5. The number of isocyanates is 4. The average Bonchev–Trinajstić information content (AvgIpc) is 2.63. The molecule has 0 saturated carbocycles. The Morgan fingerprint density at radius 3 is 1.19 bits per heavy atom. The number of hydrogen-bond acceptors (Lipinski definition) is 9. The van der Waals surface area contributed by atoms with Gasteiger partial charge in [0.1, 0.15) is 11.5 Å². The molecule has 0 amide bonds. The molecule has 0 fully saturated rings. The minimum absolute atomic E-state index is 0.750. The SMILES string of the molecule is N=C=O.N=C=O.N=C=O.N=C=O.c1ccc2c(c1)Cc1ccccc1O2. The van der Waals surface area contributed by atoms with Crippen molar-refractivity contribution >= 4 is 24.3 Å². The Kier molecular flexibility index (Phi) is 15.8. The first-order chi connectivity index (χ1) is 12.6. The van der Waals surface area contributed by atoms with Gasteiger partial charge in [0.15, 0.2) is 0 Å². The van der Waals surface area contributed by atoms with Crippen molar-refractivity contribution in [3.63, 3.8) is 0 Å². The molecular weight excluding hydrogens is 340 g/mol. The molecule has 0 bridgehead atoms. The second-order valence-corrected chi connectivity index (χ2v) is 3.90. The number of hydrogen-bond donors (Lipinski definition) is 4. The van der Waals surface area contributed by atoms with Crippen molar-refractivity contribution in [3.8, 4) is 11.5 Å². The van der Waals surface area contributed by atoms with E-state index >= 15 is 0 Å². The van der Waals surface area contributed by atoms with E-state index in [9.17, 15) is 0 Å². The van der Waals surface area contributed by atoms with Gasteiger partial charge in [-0.15, -0.1) is 0 Å². The minimum Gasteiger partial charge on any atom is -0.457 e. The molecule has 0 atom stereocenters. The molecule has 0 radical (unpaired) electrons. The molecule has 9 nitrogen and oxygen atoms in total. The van der Waals surface area contributed by atoms with E-state index in [0.717, 1.165) is 42.2 Å². The number of ether oxygens (including phenoxy) is 1. The largest absolute Gasteiger partial charge is 0.457 e. The standard InChI is InChI=1S/C13H10O.4CHNO/c1-3-7-12-10(5-1)9-11-6-2-4-8-13(11)14-12;4*2-1-3/h1-8H,9H2;4*2H. The smallest absolute Gasteiger partial charge is 0.231 e. The van der Waals surface area contributed by atoms with Crippen molar-refractivity contribution in [3.05, 3.63) is 59.7 Å². The predicted octanol–water partition coefficient (Wildman–Crippen LogP) is 2.99. The average molecular weight is 354 g/mol. The van der Waals surface area contributed by atoms with E-state index in [4.69, 9.17) is 45.6 Å². The zero-order valence-electron chi connectivity index (χ0n) is 13.4. The summed E-state index contributed by atoms with van der Waals surface area (Å²) in [6.45, 7) is 0. The van der Waals surface area contributed by atoms with Crippen LogP contribution in [0.4, 0.5) is 0 Å². The van der Waals surface area contributed by atoms with Crippen molar-refractivity contribution < 1.29 is 23.9 Å². The molecule has 3 rings (SSSR count). The number of para-hydroxylation sites is 2. The number of benzene rings is 2. The van der Waals surface area contributed by atoms with Gasteiger partial charge in [-0.05, 0) is 23.3 Å². The molecule has 0 unspecified atom stereocenters. The molecule has 2 aromatic carbocycles. The molecule has 0 spiro atoms. The lowest BCUT2D eigenvalue weighted by Crippen LogP contribution is -2.01. The van der Waals surface area contributed by atoms with Crippen LogP contribution in [0.2, 0.25) is 0 Å². The Bertz CT molecular complexity index is 676. The molecule has 1 heterocycles. The van der Waals surface area contributed by atoms with E-state index in [2.05, 4.69) is 24.3 Å². The van der Waals surface area contributed by atoms with Gasteiger partial charge in [-0.3, -0.25) is 0 Å². The molecule has 132 valence electrons. The Balaban J connectivity index is 0. The number of fused-ring (bicyclic) bond motifs is 2. The molecule has 2 aromatic rings. The first-order valence-electron chi connectivity index (χ1n) is 6.59. The second kappa shape index (κ2) is 17.1. The topological polar surface area (TPSA) is 173 Å². The quantitative estimate of drug-likeness (QED) is 0.358. The summed E-state index contributed by atoms with van der Waals surface area (Å²) in [5, 5.41) is 21.6. The van der Waals surface area contributed by atoms with Crippen molar-refractivity contribution in [2.45, 2.75) is 6.42 Å². The normalized spacial score (nSPS) is 8.00. The summed E-state index contributed by atoms with van der Waals surface area (Å²) in [6.07, 6.45) is 3.98. The summed E-state index contributed by atoms with van der Waals surface area (Å²) in [7, 11) is 0. The summed E-state index contributed by atoms with van der Waals surface area (Å²) in [5.41, 5.74) is 2.54. The maximum atomic E-state index is 8.35. The molecule has 1 aliphatic heterocycles. The maximum Gasteiger partial charge on any atom is 0.231 e. The van der Waals surface area contributed by atoms with E-state index in [-0.39, 0.29) is 0 Å². The zero-order valence-corrected chi connectivity index (χ0v) is 13.4. The summed E-state index contributed by atoms with van der Waals surface area (Å²) >= 11 is 0. The third-order valence-electron chi connectivity index (χ3n) is 2.55. The maximum absolute atomic E-state index is 8.35. The fraction of sp³-hybridized carbons (Fsp3) is 0.0588. The molecule has 4 N–H and O–H groups in total. The first kappa shape index (κ1) is 24.0. The molecule has 0 aromatic heterocycles. The van der Waals surface area contributed by atoms with E-state index < -0.39 is 0 Å². The molecule has 1 aliphatic rings. The predicted molar refractivity (Wildman–Crippen MR) is 89.4 cm³/mol. The first-order valence-corrected chi connectivity index (χ1v) is 6.59. The highest BCUT2D eigenvalue weighted by Crippen LogP contribution is 2.35. The van der Waals surface area contributed by atoms with Crippen LogP contribution in [0.5, 0.6) is 11.5 Å². The number of carbonyl (C=O) groups excluding carboxylic acids is 4. The minimum atomic E-state index is 0.750. The van der Waals surface area contributed by atoms with Crippen molar-refractivity contribution in [1.29, 1.82) is 21.6 Å². The third-order valence-corrected chi connectivity index (χ3v) is 2.55. The fourth-order valence-electron chi connectivity index (χ4n) is 1.82. The Labute approximate surface area is 148 Å². The van der Waals surface area contributed by atoms with Gasteiger partial charge < -0.3 is 4.74 Å². The van der Waals surface area contributed by atoms with Crippen LogP contribution in [0.1, 0.15) is 11.1 Å². The monoisotopic (exact) mass is 354 g/mol. The van der Waals surface area contributed by atoms with Crippen LogP contribution in [-0.4, -0.2) is 24.3 Å². The van der Waals surface area contributed by atoms with Crippen molar-refractivity contribution in [1.82, 2.24) is 0 Å². The highest BCUT2D eigenvalue weighted by molar-refractivity contribution is 5.49. The van der Waals surface area contributed by atoms with E-state index in [1.165, 1.54) is 11.1 Å². The van der Waals surface area contributed by atoms with Gasteiger partial charge in [-0.1, -0.05) is 36.4 Å². The lowest BCUT2D eigenvalue weighted by Gasteiger charge is -2.19. The van der Waals surface area contributed by atoms with Crippen molar-refractivity contribution in [2.75, 3.05) is 0 Å². The van der Waals surface area contributed by atoms with Gasteiger partial charge in [-0.2, -0.15) is 0 Å². The van der Waals surface area contributed by atoms with Gasteiger partial charge in [-0.25, -0.2) is 40.8 Å². The van der Waals surface area contributed by atoms with Crippen LogP contribution >= 0.6 is 0 Å². The van der Waals surface area contributed by atoms with Gasteiger partial charge >= 0.3 is 0 Å². The summed E-state index contributed by atoms with van der Waals surface area (Å²) < 4.78 is 5.78. The number of nitrogens with one attached hydrogen (secondary N) is 4. The van der Waals surface area contributed by atoms with Crippen molar-refractivity contribution in [2.24, 2.45) is 0 Å². The summed E-state index contributed by atoms with van der Waals surface area (Å²) in [4.78, 5) is 33.4. The zero-order chi connectivity index (χ0) is 20.2. The van der Waals surface area contributed by atoms with Crippen LogP contribution in [0.3, 0.4) is 0 Å². The second-order valence-electron chi connectivity index (χ2n) is 3.90. The third kappa shape index (κ3) is 10.5.